The Labute approximate surface area is 209 Å². The summed E-state index contributed by atoms with van der Waals surface area (Å²) in [6.45, 7) is 9.91. The van der Waals surface area contributed by atoms with Crippen molar-refractivity contribution in [2.24, 2.45) is 11.3 Å². The van der Waals surface area contributed by atoms with Gasteiger partial charge in [0.1, 0.15) is 0 Å². The van der Waals surface area contributed by atoms with E-state index in [1.807, 2.05) is 6.07 Å². The number of dihydropyridines is 1. The molecule has 0 bridgehead atoms. The molecule has 0 amide bonds. The van der Waals surface area contributed by atoms with E-state index < -0.39 is 0 Å². The zero-order chi connectivity index (χ0) is 24.6. The first-order valence-corrected chi connectivity index (χ1v) is 13.0. The smallest absolute Gasteiger partial charge is 0.269 e. The third-order valence-electron chi connectivity index (χ3n) is 8.76. The van der Waals surface area contributed by atoms with Crippen LogP contribution in [0.3, 0.4) is 0 Å². The van der Waals surface area contributed by atoms with Gasteiger partial charge in [-0.25, -0.2) is 0 Å². The molecule has 3 aliphatic rings. The third-order valence-corrected chi connectivity index (χ3v) is 8.76. The molecule has 2 fully saturated rings. The highest BCUT2D eigenvalue weighted by Crippen LogP contribution is 2.56. The fourth-order valence-electron chi connectivity index (χ4n) is 6.75. The molecular weight excluding hydrogens is 434 g/mol. The van der Waals surface area contributed by atoms with Crippen molar-refractivity contribution in [3.63, 3.8) is 0 Å². The van der Waals surface area contributed by atoms with Crippen LogP contribution in [0.4, 0.5) is 5.69 Å². The molecule has 1 spiro atoms. The number of benzene rings is 2. The summed E-state index contributed by atoms with van der Waals surface area (Å²) in [6, 6.07) is 18.1. The van der Waals surface area contributed by atoms with Crippen LogP contribution in [-0.2, 0) is 6.54 Å². The average Bonchev–Trinajstić information content (AvgIpc) is 2.83. The van der Waals surface area contributed by atoms with Crippen molar-refractivity contribution < 1.29 is 4.92 Å². The molecule has 1 saturated carbocycles. The van der Waals surface area contributed by atoms with E-state index in [0.29, 0.717) is 11.3 Å². The van der Waals surface area contributed by atoms with Crippen LogP contribution in [0.5, 0.6) is 0 Å². The maximum atomic E-state index is 11.4. The van der Waals surface area contributed by atoms with E-state index >= 15 is 0 Å². The van der Waals surface area contributed by atoms with Crippen molar-refractivity contribution in [2.75, 3.05) is 13.1 Å². The van der Waals surface area contributed by atoms with Gasteiger partial charge in [-0.05, 0) is 99.6 Å². The molecule has 1 unspecified atom stereocenters. The Bertz CT molecular complexity index is 1150. The molecule has 5 rings (SSSR count). The van der Waals surface area contributed by atoms with E-state index in [1.165, 1.54) is 66.9 Å². The lowest BCUT2D eigenvalue weighted by atomic mass is 9.55. The van der Waals surface area contributed by atoms with Gasteiger partial charge in [-0.2, -0.15) is 0 Å². The molecule has 0 radical (unpaired) electrons. The van der Waals surface area contributed by atoms with E-state index in [2.05, 4.69) is 67.4 Å². The Kier molecular flexibility index (Phi) is 6.54. The lowest BCUT2D eigenvalue weighted by Gasteiger charge is -2.53. The summed E-state index contributed by atoms with van der Waals surface area (Å²) in [6.07, 6.45) is 6.31. The van der Waals surface area contributed by atoms with Gasteiger partial charge in [-0.3, -0.25) is 15.0 Å². The number of allylic oxidation sites excluding steroid dienone is 4. The molecule has 1 aliphatic carbocycles. The monoisotopic (exact) mass is 471 g/mol. The minimum Gasteiger partial charge on any atom is -0.363 e. The number of likely N-dealkylation sites (tertiary alicyclic amines) is 1. The Morgan fingerprint density at radius 2 is 1.71 bits per heavy atom. The summed E-state index contributed by atoms with van der Waals surface area (Å²) >= 11 is 0. The van der Waals surface area contributed by atoms with Crippen LogP contribution in [0.2, 0.25) is 0 Å². The molecule has 1 N–H and O–H groups in total. The van der Waals surface area contributed by atoms with Gasteiger partial charge in [0.2, 0.25) is 0 Å². The molecule has 184 valence electrons. The maximum absolute atomic E-state index is 11.4. The van der Waals surface area contributed by atoms with Crippen molar-refractivity contribution in [3.8, 4) is 0 Å². The lowest BCUT2D eigenvalue weighted by molar-refractivity contribution is -0.384. The zero-order valence-electron chi connectivity index (χ0n) is 21.2. The standard InChI is InChI=1S/C30H37N3O2/c1-21-22(2)31-23(3)28(29(21)26-10-7-11-27(17-26)33(34)35)16-25-18-30(19-25)12-14-32(15-13-30)20-24-8-5-4-6-9-24/h4-11,17,25,29,31H,12-16,18-20H2,1-3H3. The van der Waals surface area contributed by atoms with Crippen LogP contribution >= 0.6 is 0 Å². The van der Waals surface area contributed by atoms with Crippen LogP contribution in [0, 0.1) is 21.4 Å². The van der Waals surface area contributed by atoms with Crippen molar-refractivity contribution in [1.82, 2.24) is 10.2 Å². The minimum absolute atomic E-state index is 0.125. The number of nitrogens with zero attached hydrogens (tertiary/aromatic N) is 2. The summed E-state index contributed by atoms with van der Waals surface area (Å²) in [4.78, 5) is 13.8. The Hall–Kier alpha value is -2.92. The van der Waals surface area contributed by atoms with Crippen LogP contribution < -0.4 is 5.32 Å². The highest BCUT2D eigenvalue weighted by atomic mass is 16.6. The molecule has 2 aliphatic heterocycles. The molecule has 5 heteroatoms. The predicted octanol–water partition coefficient (Wildman–Crippen LogP) is 6.93. The number of rotatable bonds is 6. The van der Waals surface area contributed by atoms with Crippen molar-refractivity contribution in [2.45, 2.75) is 65.3 Å². The topological polar surface area (TPSA) is 58.4 Å². The van der Waals surface area contributed by atoms with Crippen molar-refractivity contribution in [3.05, 3.63) is 98.4 Å². The van der Waals surface area contributed by atoms with Crippen LogP contribution in [0.1, 0.15) is 69.9 Å². The second-order valence-corrected chi connectivity index (χ2v) is 11.1. The predicted molar refractivity (Wildman–Crippen MR) is 141 cm³/mol. The summed E-state index contributed by atoms with van der Waals surface area (Å²) in [5, 5.41) is 15.0. The summed E-state index contributed by atoms with van der Waals surface area (Å²) in [7, 11) is 0. The van der Waals surface area contributed by atoms with E-state index in [1.54, 1.807) is 12.1 Å². The molecular formula is C30H37N3O2. The van der Waals surface area contributed by atoms with Gasteiger partial charge in [-0.15, -0.1) is 0 Å². The molecule has 2 aromatic carbocycles. The van der Waals surface area contributed by atoms with Gasteiger partial charge in [0, 0.05) is 36.0 Å². The molecule has 2 aromatic rings. The maximum Gasteiger partial charge on any atom is 0.269 e. The first-order valence-electron chi connectivity index (χ1n) is 13.0. The largest absolute Gasteiger partial charge is 0.363 e. The zero-order valence-corrected chi connectivity index (χ0v) is 21.2. The highest BCUT2D eigenvalue weighted by molar-refractivity contribution is 5.48. The van der Waals surface area contributed by atoms with Gasteiger partial charge in [-0.1, -0.05) is 42.5 Å². The fraction of sp³-hybridized carbons (Fsp3) is 0.467. The summed E-state index contributed by atoms with van der Waals surface area (Å²) < 4.78 is 0. The van der Waals surface area contributed by atoms with Gasteiger partial charge in [0.05, 0.1) is 4.92 Å². The van der Waals surface area contributed by atoms with Gasteiger partial charge in [0.25, 0.3) is 5.69 Å². The third kappa shape index (κ3) is 4.92. The molecule has 1 atom stereocenters. The van der Waals surface area contributed by atoms with Crippen LogP contribution in [0.15, 0.2) is 77.1 Å². The van der Waals surface area contributed by atoms with Gasteiger partial charge >= 0.3 is 0 Å². The molecule has 5 nitrogen and oxygen atoms in total. The van der Waals surface area contributed by atoms with Crippen LogP contribution in [-0.4, -0.2) is 22.9 Å². The number of nitro groups is 1. The molecule has 1 saturated heterocycles. The second kappa shape index (κ2) is 9.62. The van der Waals surface area contributed by atoms with E-state index in [9.17, 15) is 10.1 Å². The van der Waals surface area contributed by atoms with Gasteiger partial charge in [0.15, 0.2) is 0 Å². The fourth-order valence-corrected chi connectivity index (χ4v) is 6.75. The molecule has 0 aromatic heterocycles. The van der Waals surface area contributed by atoms with Gasteiger partial charge < -0.3 is 5.32 Å². The number of non-ortho nitro benzene ring substituents is 1. The number of hydrogen-bond acceptors (Lipinski definition) is 4. The lowest BCUT2D eigenvalue weighted by Crippen LogP contribution is -2.47. The SMILES string of the molecule is CC1=C(C)C(c2cccc([N+](=O)[O-])c2)C(CC2CC3(CCN(Cc4ccccc4)CC3)C2)=C(C)N1. The summed E-state index contributed by atoms with van der Waals surface area (Å²) in [5.41, 5.74) is 8.22. The van der Waals surface area contributed by atoms with E-state index in [4.69, 9.17) is 0 Å². The minimum atomic E-state index is -0.285. The van der Waals surface area contributed by atoms with Crippen molar-refractivity contribution in [1.29, 1.82) is 0 Å². The Balaban J connectivity index is 1.24. The average molecular weight is 472 g/mol. The Morgan fingerprint density at radius 3 is 2.40 bits per heavy atom. The second-order valence-electron chi connectivity index (χ2n) is 11.1. The van der Waals surface area contributed by atoms with Crippen LogP contribution in [0.25, 0.3) is 0 Å². The number of hydrogen-bond donors (Lipinski definition) is 1. The molecule has 35 heavy (non-hydrogen) atoms. The highest BCUT2D eigenvalue weighted by Gasteiger charge is 2.46. The number of piperidine rings is 1. The first kappa shape index (κ1) is 23.8. The molecule has 2 heterocycles. The van der Waals surface area contributed by atoms with E-state index in [-0.39, 0.29) is 16.5 Å². The summed E-state index contributed by atoms with van der Waals surface area (Å²) in [5.74, 6) is 0.829. The quantitative estimate of drug-likeness (QED) is 0.366. The number of nitro benzene ring substituents is 1. The van der Waals surface area contributed by atoms with Crippen molar-refractivity contribution >= 4 is 5.69 Å². The number of nitrogens with one attached hydrogen (secondary N) is 1. The van der Waals surface area contributed by atoms with E-state index in [0.717, 1.165) is 18.5 Å². The normalized spacial score (nSPS) is 22.8. The Morgan fingerprint density at radius 1 is 1.00 bits per heavy atom. The first-order chi connectivity index (χ1) is 16.8.